The molecule has 0 radical (unpaired) electrons. The molecule has 0 saturated heterocycles. The van der Waals surface area contributed by atoms with Gasteiger partial charge >= 0.3 is 6.18 Å². The number of hydrogen-bond acceptors (Lipinski definition) is 5. The van der Waals surface area contributed by atoms with Crippen molar-refractivity contribution in [3.8, 4) is 17.2 Å². The molecule has 0 saturated carbocycles. The van der Waals surface area contributed by atoms with Crippen molar-refractivity contribution < 1.29 is 22.7 Å². The summed E-state index contributed by atoms with van der Waals surface area (Å²) in [6.07, 6.45) is 0.167. The van der Waals surface area contributed by atoms with Crippen molar-refractivity contribution >= 4 is 45.3 Å². The Kier molecular flexibility index (Phi) is 6.66. The summed E-state index contributed by atoms with van der Waals surface area (Å²) in [4.78, 5) is 35.3. The predicted molar refractivity (Wildman–Crippen MR) is 153 cm³/mol. The van der Waals surface area contributed by atoms with Gasteiger partial charge in [-0.3, -0.25) is 14.2 Å². The highest BCUT2D eigenvalue weighted by molar-refractivity contribution is 6.31. The second-order valence-electron chi connectivity index (χ2n) is 9.33. The van der Waals surface area contributed by atoms with Gasteiger partial charge in [-0.25, -0.2) is 9.97 Å². The zero-order chi connectivity index (χ0) is 29.6. The van der Waals surface area contributed by atoms with E-state index >= 15 is 0 Å². The highest BCUT2D eigenvalue weighted by Gasteiger charge is 2.34. The van der Waals surface area contributed by atoms with Crippen LogP contribution < -0.4 is 15.6 Å². The molecule has 0 bridgehead atoms. The van der Waals surface area contributed by atoms with Gasteiger partial charge in [0.2, 0.25) is 0 Å². The molecule has 1 amide bonds. The van der Waals surface area contributed by atoms with Gasteiger partial charge in [-0.2, -0.15) is 13.2 Å². The van der Waals surface area contributed by atoms with Crippen molar-refractivity contribution in [3.05, 3.63) is 118 Å². The smallest absolute Gasteiger partial charge is 0.417 e. The van der Waals surface area contributed by atoms with Gasteiger partial charge in [0.05, 0.1) is 21.7 Å². The minimum Gasteiger partial charge on any atom is -0.457 e. The number of anilines is 1. The monoisotopic (exact) mass is 589 g/mol. The lowest BCUT2D eigenvalue weighted by Crippen LogP contribution is -2.29. The third-order valence-corrected chi connectivity index (χ3v) is 6.92. The van der Waals surface area contributed by atoms with Gasteiger partial charge in [0.25, 0.3) is 11.5 Å². The van der Waals surface area contributed by atoms with Crippen molar-refractivity contribution in [2.45, 2.75) is 6.18 Å². The SMILES string of the molecule is Cn1ccc2c(Oc3ccc(NC(=O)c4cc5cccnc5n(-c5ccc(Cl)c(C(F)(F)F)c5)c4=O)cc3)ccnc21. The summed E-state index contributed by atoms with van der Waals surface area (Å²) >= 11 is 5.78. The maximum Gasteiger partial charge on any atom is 0.417 e. The van der Waals surface area contributed by atoms with E-state index in [-0.39, 0.29) is 16.9 Å². The van der Waals surface area contributed by atoms with E-state index < -0.39 is 28.2 Å². The van der Waals surface area contributed by atoms with Crippen LogP contribution in [0.1, 0.15) is 15.9 Å². The number of carbonyl (C=O) groups excluding carboxylic acids is 1. The van der Waals surface area contributed by atoms with E-state index in [1.54, 1.807) is 48.7 Å². The molecule has 6 rings (SSSR count). The lowest BCUT2D eigenvalue weighted by atomic mass is 10.1. The Labute approximate surface area is 240 Å². The summed E-state index contributed by atoms with van der Waals surface area (Å²) in [5.41, 5.74) is -1.17. The number of aromatic nitrogens is 4. The number of ether oxygens (including phenoxy) is 1. The standard InChI is InChI=1S/C30H19ClF3N5O3/c1-38-14-11-21-25(10-13-36-27(21)38)42-20-7-4-18(5-8-20)37-28(40)22-15-17-3-2-12-35-26(17)39(29(22)41)19-6-9-24(31)23(16-19)30(32,33)34/h2-16H,1H3,(H,37,40). The van der Waals surface area contributed by atoms with Crippen molar-refractivity contribution in [2.75, 3.05) is 5.32 Å². The van der Waals surface area contributed by atoms with Crippen LogP contribution in [0.4, 0.5) is 18.9 Å². The fraction of sp³-hybridized carbons (Fsp3) is 0.0667. The summed E-state index contributed by atoms with van der Waals surface area (Å²) in [5.74, 6) is 0.364. The minimum atomic E-state index is -4.75. The number of rotatable bonds is 5. The highest BCUT2D eigenvalue weighted by Crippen LogP contribution is 2.36. The number of halogens is 4. The second kappa shape index (κ2) is 10.3. The Balaban J connectivity index is 1.32. The molecule has 0 aliphatic carbocycles. The van der Waals surface area contributed by atoms with E-state index in [1.807, 2.05) is 23.9 Å². The molecule has 0 atom stereocenters. The maximum atomic E-state index is 13.6. The number of hydrogen-bond donors (Lipinski definition) is 1. The summed E-state index contributed by atoms with van der Waals surface area (Å²) in [6, 6.07) is 17.8. The number of benzene rings is 2. The first kappa shape index (κ1) is 27.0. The number of nitrogens with one attached hydrogen (secondary N) is 1. The lowest BCUT2D eigenvalue weighted by molar-refractivity contribution is -0.137. The van der Waals surface area contributed by atoms with E-state index in [9.17, 15) is 22.8 Å². The Morgan fingerprint density at radius 1 is 0.952 bits per heavy atom. The van der Waals surface area contributed by atoms with Crippen LogP contribution in [-0.2, 0) is 13.2 Å². The average Bonchev–Trinajstić information content (AvgIpc) is 3.35. The molecule has 0 fully saturated rings. The van der Waals surface area contributed by atoms with Gasteiger partial charge in [0.1, 0.15) is 28.4 Å². The van der Waals surface area contributed by atoms with Crippen LogP contribution in [0.3, 0.4) is 0 Å². The molecule has 0 aliphatic rings. The normalized spacial score (nSPS) is 11.6. The molecule has 2 aromatic carbocycles. The Hall–Kier alpha value is -5.16. The summed E-state index contributed by atoms with van der Waals surface area (Å²) in [5, 5.41) is 3.36. The Morgan fingerprint density at radius 3 is 2.48 bits per heavy atom. The maximum absolute atomic E-state index is 13.6. The highest BCUT2D eigenvalue weighted by atomic mass is 35.5. The average molecular weight is 590 g/mol. The van der Waals surface area contributed by atoms with E-state index in [2.05, 4.69) is 15.3 Å². The number of nitrogens with zero attached hydrogens (tertiary/aromatic N) is 4. The number of aryl methyl sites for hydroxylation is 1. The quantitative estimate of drug-likeness (QED) is 0.234. The molecule has 0 aliphatic heterocycles. The van der Waals surface area contributed by atoms with Crippen LogP contribution in [0.5, 0.6) is 11.5 Å². The Morgan fingerprint density at radius 2 is 1.71 bits per heavy atom. The first-order chi connectivity index (χ1) is 20.1. The van der Waals surface area contributed by atoms with E-state index in [0.29, 0.717) is 22.6 Å². The minimum absolute atomic E-state index is 0.0830. The zero-order valence-corrected chi connectivity index (χ0v) is 22.4. The molecule has 8 nitrogen and oxygen atoms in total. The molecule has 4 heterocycles. The van der Waals surface area contributed by atoms with Crippen LogP contribution in [0.2, 0.25) is 5.02 Å². The van der Waals surface area contributed by atoms with Crippen LogP contribution >= 0.6 is 11.6 Å². The van der Waals surface area contributed by atoms with Crippen LogP contribution in [0.25, 0.3) is 27.8 Å². The summed E-state index contributed by atoms with van der Waals surface area (Å²) in [7, 11) is 1.88. The molecule has 0 unspecified atom stereocenters. The largest absolute Gasteiger partial charge is 0.457 e. The van der Waals surface area contributed by atoms with Crippen LogP contribution in [0, 0.1) is 0 Å². The van der Waals surface area contributed by atoms with Crippen LogP contribution in [0.15, 0.2) is 96.2 Å². The molecule has 4 aromatic heterocycles. The lowest BCUT2D eigenvalue weighted by Gasteiger charge is -2.15. The summed E-state index contributed by atoms with van der Waals surface area (Å²) < 4.78 is 49.5. The molecular weight excluding hydrogens is 571 g/mol. The molecule has 42 heavy (non-hydrogen) atoms. The Bertz CT molecular complexity index is 2050. The number of carbonyl (C=O) groups is 1. The van der Waals surface area contributed by atoms with Gasteiger partial charge in [0, 0.05) is 36.7 Å². The van der Waals surface area contributed by atoms with Crippen molar-refractivity contribution in [3.63, 3.8) is 0 Å². The third kappa shape index (κ3) is 4.94. The first-order valence-electron chi connectivity index (χ1n) is 12.5. The summed E-state index contributed by atoms with van der Waals surface area (Å²) in [6.45, 7) is 0. The number of alkyl halides is 3. The van der Waals surface area contributed by atoms with Crippen LogP contribution in [-0.4, -0.2) is 25.0 Å². The second-order valence-corrected chi connectivity index (χ2v) is 9.74. The van der Waals surface area contributed by atoms with Gasteiger partial charge in [-0.1, -0.05) is 11.6 Å². The van der Waals surface area contributed by atoms with Gasteiger partial charge in [0.15, 0.2) is 0 Å². The van der Waals surface area contributed by atoms with Crippen molar-refractivity contribution in [2.24, 2.45) is 7.05 Å². The van der Waals surface area contributed by atoms with E-state index in [4.69, 9.17) is 16.3 Å². The molecule has 0 spiro atoms. The van der Waals surface area contributed by atoms with Gasteiger partial charge in [-0.05, 0) is 72.8 Å². The molecule has 12 heteroatoms. The predicted octanol–water partition coefficient (Wildman–Crippen LogP) is 6.99. The fourth-order valence-corrected chi connectivity index (χ4v) is 4.80. The number of pyridine rings is 3. The van der Waals surface area contributed by atoms with Crippen molar-refractivity contribution in [1.29, 1.82) is 0 Å². The number of fused-ring (bicyclic) bond motifs is 2. The van der Waals surface area contributed by atoms with Crippen molar-refractivity contribution in [1.82, 2.24) is 19.1 Å². The topological polar surface area (TPSA) is 91.0 Å². The van der Waals surface area contributed by atoms with Gasteiger partial charge in [-0.15, -0.1) is 0 Å². The zero-order valence-electron chi connectivity index (χ0n) is 21.7. The molecule has 210 valence electrons. The first-order valence-corrected chi connectivity index (χ1v) is 12.8. The van der Waals surface area contributed by atoms with E-state index in [1.165, 1.54) is 18.3 Å². The van der Waals surface area contributed by atoms with Gasteiger partial charge < -0.3 is 14.6 Å². The fourth-order valence-electron chi connectivity index (χ4n) is 4.58. The van der Waals surface area contributed by atoms with E-state index in [0.717, 1.165) is 27.7 Å². The third-order valence-electron chi connectivity index (χ3n) is 6.59. The number of amides is 1. The molecular formula is C30H19ClF3N5O3. The molecule has 6 aromatic rings. The molecule has 1 N–H and O–H groups in total.